The first-order valence-corrected chi connectivity index (χ1v) is 9.37. The van der Waals surface area contributed by atoms with Crippen molar-refractivity contribution in [3.05, 3.63) is 57.9 Å². The number of hydrogen-bond acceptors (Lipinski definition) is 3. The molecule has 2 amide bonds. The van der Waals surface area contributed by atoms with E-state index in [2.05, 4.69) is 15.7 Å². The van der Waals surface area contributed by atoms with Crippen LogP contribution < -0.4 is 10.6 Å². The first kappa shape index (κ1) is 19.2. The minimum Gasteiger partial charge on any atom is -0.354 e. The molecule has 7 heteroatoms. The van der Waals surface area contributed by atoms with Gasteiger partial charge in [-0.1, -0.05) is 29.8 Å². The fraction of sp³-hybridized carbons (Fsp3) is 0.350. The monoisotopic (exact) mass is 386 g/mol. The van der Waals surface area contributed by atoms with Crippen LogP contribution in [0.3, 0.4) is 0 Å². The van der Waals surface area contributed by atoms with E-state index in [1.165, 1.54) is 6.08 Å². The molecule has 142 valence electrons. The number of nitrogens with zero attached hydrogens (tertiary/aromatic N) is 2. The molecule has 3 rings (SSSR count). The predicted molar refractivity (Wildman–Crippen MR) is 105 cm³/mol. The molecule has 1 aromatic heterocycles. The minimum atomic E-state index is -0.457. The number of rotatable bonds is 5. The molecular weight excluding hydrogens is 364 g/mol. The van der Waals surface area contributed by atoms with Gasteiger partial charge in [-0.25, -0.2) is 0 Å². The molecule has 1 unspecified atom stereocenters. The highest BCUT2D eigenvalue weighted by Crippen LogP contribution is 2.20. The summed E-state index contributed by atoms with van der Waals surface area (Å²) in [5, 5.41) is 10.8. The molecule has 1 aliphatic rings. The highest BCUT2D eigenvalue weighted by Gasteiger charge is 2.22. The quantitative estimate of drug-likeness (QED) is 0.775. The number of carbonyl (C=O) groups is 2. The van der Waals surface area contributed by atoms with Crippen LogP contribution in [0.1, 0.15) is 35.4 Å². The van der Waals surface area contributed by atoms with E-state index in [1.807, 2.05) is 42.8 Å². The molecule has 1 atom stereocenters. The maximum absolute atomic E-state index is 12.2. The Hall–Kier alpha value is -2.60. The molecule has 2 heterocycles. The van der Waals surface area contributed by atoms with E-state index >= 15 is 0 Å². The van der Waals surface area contributed by atoms with Gasteiger partial charge in [0.2, 0.25) is 11.8 Å². The van der Waals surface area contributed by atoms with Gasteiger partial charge in [0.05, 0.1) is 12.2 Å². The molecule has 27 heavy (non-hydrogen) atoms. The van der Waals surface area contributed by atoms with Crippen LogP contribution in [0.15, 0.2) is 30.3 Å². The van der Waals surface area contributed by atoms with Gasteiger partial charge in [-0.3, -0.25) is 14.3 Å². The summed E-state index contributed by atoms with van der Waals surface area (Å²) in [7, 11) is 0. The number of amides is 2. The summed E-state index contributed by atoms with van der Waals surface area (Å²) in [5.41, 5.74) is 3.66. The molecule has 0 saturated carbocycles. The molecule has 2 N–H and O–H groups in total. The van der Waals surface area contributed by atoms with E-state index in [0.29, 0.717) is 24.5 Å². The third-order valence-corrected chi connectivity index (χ3v) is 5.09. The van der Waals surface area contributed by atoms with Crippen LogP contribution in [0.4, 0.5) is 0 Å². The highest BCUT2D eigenvalue weighted by molar-refractivity contribution is 6.31. The van der Waals surface area contributed by atoms with Crippen LogP contribution in [-0.2, 0) is 16.1 Å². The second kappa shape index (κ2) is 8.39. The SMILES string of the molecule is Cc1nn(Cc2ccccc2Cl)c(C)c1/C=C/C(=O)NC1CCCNC1=O. The molecule has 1 saturated heterocycles. The Kier molecular flexibility index (Phi) is 5.96. The predicted octanol–water partition coefficient (Wildman–Crippen LogP) is 2.61. The largest absolute Gasteiger partial charge is 0.354 e. The third-order valence-electron chi connectivity index (χ3n) is 4.72. The van der Waals surface area contributed by atoms with Crippen molar-refractivity contribution < 1.29 is 9.59 Å². The standard InChI is InChI=1S/C20H23ClN4O2/c1-13-16(9-10-19(26)23-18-8-5-11-22-20(18)27)14(2)25(24-13)12-15-6-3-4-7-17(15)21/h3-4,6-7,9-10,18H,5,8,11-12H2,1-2H3,(H,22,27)(H,23,26)/b10-9+. The van der Waals surface area contributed by atoms with Crippen molar-refractivity contribution >= 4 is 29.5 Å². The molecule has 0 bridgehead atoms. The molecule has 1 aliphatic heterocycles. The zero-order valence-electron chi connectivity index (χ0n) is 15.5. The second-order valence-corrected chi connectivity index (χ2v) is 7.07. The van der Waals surface area contributed by atoms with Gasteiger partial charge in [-0.2, -0.15) is 5.10 Å². The van der Waals surface area contributed by atoms with Crippen molar-refractivity contribution in [1.29, 1.82) is 0 Å². The molecule has 2 aromatic rings. The number of aromatic nitrogens is 2. The highest BCUT2D eigenvalue weighted by atomic mass is 35.5. The van der Waals surface area contributed by atoms with E-state index in [1.54, 1.807) is 6.08 Å². The molecule has 0 aliphatic carbocycles. The number of nitrogens with one attached hydrogen (secondary N) is 2. The second-order valence-electron chi connectivity index (χ2n) is 6.66. The van der Waals surface area contributed by atoms with E-state index in [9.17, 15) is 9.59 Å². The Morgan fingerprint density at radius 2 is 2.19 bits per heavy atom. The van der Waals surface area contributed by atoms with Crippen molar-refractivity contribution in [1.82, 2.24) is 20.4 Å². The molecule has 0 spiro atoms. The average molecular weight is 387 g/mol. The number of benzene rings is 1. The molecule has 6 nitrogen and oxygen atoms in total. The van der Waals surface area contributed by atoms with E-state index in [4.69, 9.17) is 11.6 Å². The third kappa shape index (κ3) is 4.57. The zero-order valence-corrected chi connectivity index (χ0v) is 16.2. The first-order chi connectivity index (χ1) is 13.0. The lowest BCUT2D eigenvalue weighted by Gasteiger charge is -2.22. The Morgan fingerprint density at radius 3 is 2.93 bits per heavy atom. The van der Waals surface area contributed by atoms with Gasteiger partial charge >= 0.3 is 0 Å². The number of hydrogen-bond donors (Lipinski definition) is 2. The summed E-state index contributed by atoms with van der Waals surface area (Å²) in [5.74, 6) is -0.405. The van der Waals surface area contributed by atoms with Crippen LogP contribution in [0.2, 0.25) is 5.02 Å². The summed E-state index contributed by atoms with van der Waals surface area (Å²) in [4.78, 5) is 23.9. The molecular formula is C20H23ClN4O2. The number of piperidine rings is 1. The lowest BCUT2D eigenvalue weighted by Crippen LogP contribution is -2.49. The summed E-state index contributed by atoms with van der Waals surface area (Å²) < 4.78 is 1.88. The molecule has 1 aromatic carbocycles. The van der Waals surface area contributed by atoms with E-state index in [0.717, 1.165) is 28.9 Å². The van der Waals surface area contributed by atoms with Crippen LogP contribution >= 0.6 is 11.6 Å². The Morgan fingerprint density at radius 1 is 1.41 bits per heavy atom. The van der Waals surface area contributed by atoms with Crippen LogP contribution in [0.25, 0.3) is 6.08 Å². The van der Waals surface area contributed by atoms with Crippen molar-refractivity contribution in [3.63, 3.8) is 0 Å². The molecule has 1 fully saturated rings. The Balaban J connectivity index is 1.70. The van der Waals surface area contributed by atoms with Crippen molar-refractivity contribution in [2.24, 2.45) is 0 Å². The van der Waals surface area contributed by atoms with Gasteiger partial charge in [0.25, 0.3) is 0 Å². The molecule has 0 radical (unpaired) electrons. The first-order valence-electron chi connectivity index (χ1n) is 8.99. The average Bonchev–Trinajstić information content (AvgIpc) is 2.90. The number of aryl methyl sites for hydroxylation is 1. The van der Waals surface area contributed by atoms with Gasteiger partial charge in [0.15, 0.2) is 0 Å². The van der Waals surface area contributed by atoms with E-state index < -0.39 is 6.04 Å². The smallest absolute Gasteiger partial charge is 0.244 e. The summed E-state index contributed by atoms with van der Waals surface area (Å²) >= 11 is 6.24. The fourth-order valence-corrected chi connectivity index (χ4v) is 3.38. The van der Waals surface area contributed by atoms with E-state index in [-0.39, 0.29) is 11.8 Å². The van der Waals surface area contributed by atoms with Crippen LogP contribution in [0.5, 0.6) is 0 Å². The van der Waals surface area contributed by atoms with Crippen LogP contribution in [-0.4, -0.2) is 34.2 Å². The van der Waals surface area contributed by atoms with Gasteiger partial charge in [0, 0.05) is 28.9 Å². The summed E-state index contributed by atoms with van der Waals surface area (Å²) in [6, 6.07) is 7.21. The topological polar surface area (TPSA) is 76.0 Å². The summed E-state index contributed by atoms with van der Waals surface area (Å²) in [6.07, 6.45) is 4.74. The zero-order chi connectivity index (χ0) is 19.4. The Labute approximate surface area is 163 Å². The van der Waals surface area contributed by atoms with Crippen LogP contribution in [0, 0.1) is 13.8 Å². The van der Waals surface area contributed by atoms with Crippen molar-refractivity contribution in [2.75, 3.05) is 6.54 Å². The lowest BCUT2D eigenvalue weighted by atomic mass is 10.1. The normalized spacial score (nSPS) is 17.1. The lowest BCUT2D eigenvalue weighted by molar-refractivity contribution is -0.128. The van der Waals surface area contributed by atoms with Crippen molar-refractivity contribution in [3.8, 4) is 0 Å². The number of halogens is 1. The van der Waals surface area contributed by atoms with Crippen molar-refractivity contribution in [2.45, 2.75) is 39.3 Å². The van der Waals surface area contributed by atoms with Gasteiger partial charge in [-0.05, 0) is 44.4 Å². The Bertz CT molecular complexity index is 888. The maximum Gasteiger partial charge on any atom is 0.244 e. The van der Waals surface area contributed by atoms with Gasteiger partial charge in [0.1, 0.15) is 6.04 Å². The minimum absolute atomic E-state index is 0.122. The summed E-state index contributed by atoms with van der Waals surface area (Å²) in [6.45, 7) is 5.10. The van der Waals surface area contributed by atoms with Gasteiger partial charge in [-0.15, -0.1) is 0 Å². The van der Waals surface area contributed by atoms with Gasteiger partial charge < -0.3 is 10.6 Å². The fourth-order valence-electron chi connectivity index (χ4n) is 3.18. The maximum atomic E-state index is 12.2. The number of carbonyl (C=O) groups excluding carboxylic acids is 2.